The first-order valence-electron chi connectivity index (χ1n) is 10.4. The maximum absolute atomic E-state index is 12.3. The molecule has 3 rings (SSSR count). The molecule has 28 heavy (non-hydrogen) atoms. The van der Waals surface area contributed by atoms with Crippen molar-refractivity contribution in [2.24, 2.45) is 5.92 Å². The van der Waals surface area contributed by atoms with Gasteiger partial charge in [-0.1, -0.05) is 0 Å². The second-order valence-corrected chi connectivity index (χ2v) is 8.32. The molecule has 2 heterocycles. The van der Waals surface area contributed by atoms with Gasteiger partial charge in [-0.15, -0.1) is 0 Å². The van der Waals surface area contributed by atoms with Crippen LogP contribution in [0.1, 0.15) is 55.0 Å². The van der Waals surface area contributed by atoms with Crippen LogP contribution in [0.15, 0.2) is 0 Å². The number of ether oxygens (including phenoxy) is 1. The highest BCUT2D eigenvalue weighted by molar-refractivity contribution is 5.32. The van der Waals surface area contributed by atoms with Crippen LogP contribution in [-0.2, 0) is 24.2 Å². The molecule has 160 valence electrons. The number of alkyl halides is 3. The number of likely N-dealkylation sites (N-methyl/N-ethyl adjacent to an activating group) is 2. The van der Waals surface area contributed by atoms with Gasteiger partial charge < -0.3 is 10.1 Å². The molecule has 0 aromatic carbocycles. The quantitative estimate of drug-likeness (QED) is 0.688. The zero-order valence-corrected chi connectivity index (χ0v) is 17.0. The fourth-order valence-electron chi connectivity index (χ4n) is 4.60. The van der Waals surface area contributed by atoms with Gasteiger partial charge in [0.15, 0.2) is 0 Å². The van der Waals surface area contributed by atoms with Crippen LogP contribution < -0.4 is 5.32 Å². The number of aryl methyl sites for hydroxylation is 1. The smallest absolute Gasteiger partial charge is 0.372 e. The predicted octanol–water partition coefficient (Wildman–Crippen LogP) is 3.33. The summed E-state index contributed by atoms with van der Waals surface area (Å²) in [6.07, 6.45) is 1.93. The van der Waals surface area contributed by atoms with E-state index in [2.05, 4.69) is 21.9 Å². The van der Waals surface area contributed by atoms with Crippen molar-refractivity contribution in [1.82, 2.24) is 20.0 Å². The van der Waals surface area contributed by atoms with E-state index in [9.17, 15) is 13.2 Å². The molecule has 0 saturated heterocycles. The number of hydrogen-bond acceptors (Lipinski definition) is 4. The van der Waals surface area contributed by atoms with Gasteiger partial charge >= 0.3 is 6.18 Å². The molecule has 1 N–H and O–H groups in total. The zero-order chi connectivity index (χ0) is 20.1. The molecule has 0 bridgehead atoms. The number of aromatic nitrogens is 2. The molecule has 0 spiro atoms. The third-order valence-corrected chi connectivity index (χ3v) is 6.00. The van der Waals surface area contributed by atoms with Gasteiger partial charge in [0.1, 0.15) is 6.61 Å². The summed E-state index contributed by atoms with van der Waals surface area (Å²) >= 11 is 0. The number of halogens is 3. The van der Waals surface area contributed by atoms with E-state index in [1.165, 1.54) is 17.0 Å². The third kappa shape index (κ3) is 5.70. The minimum atomic E-state index is -4.23. The fraction of sp³-hybridized carbons (Fsp3) is 0.850. The van der Waals surface area contributed by atoms with Crippen molar-refractivity contribution < 1.29 is 17.9 Å². The molecule has 1 aromatic rings. The van der Waals surface area contributed by atoms with Crippen LogP contribution in [0.5, 0.6) is 0 Å². The Hall–Kier alpha value is -1.12. The lowest BCUT2D eigenvalue weighted by Crippen LogP contribution is -2.28. The van der Waals surface area contributed by atoms with E-state index in [-0.39, 0.29) is 12.5 Å². The third-order valence-electron chi connectivity index (χ3n) is 6.00. The molecular formula is C20H33F3N4O. The van der Waals surface area contributed by atoms with Gasteiger partial charge in [0, 0.05) is 44.0 Å². The van der Waals surface area contributed by atoms with E-state index in [0.717, 1.165) is 64.7 Å². The maximum Gasteiger partial charge on any atom is 0.411 e. The summed E-state index contributed by atoms with van der Waals surface area (Å²) in [6, 6.07) is 0. The van der Waals surface area contributed by atoms with Crippen molar-refractivity contribution in [2.45, 2.75) is 63.7 Å². The van der Waals surface area contributed by atoms with Gasteiger partial charge in [-0.2, -0.15) is 18.3 Å². The van der Waals surface area contributed by atoms with Crippen molar-refractivity contribution in [2.75, 3.05) is 40.4 Å². The SMILES string of the molecule is CNCCN(C)Cc1nn2c(c1C1CCC(COCC(F)(F)F)CC1)CCC2. The Morgan fingerprint density at radius 3 is 2.68 bits per heavy atom. The van der Waals surface area contributed by atoms with Crippen LogP contribution in [0.2, 0.25) is 0 Å². The highest BCUT2D eigenvalue weighted by Crippen LogP contribution is 2.40. The number of nitrogens with zero attached hydrogens (tertiary/aromatic N) is 3. The first-order valence-corrected chi connectivity index (χ1v) is 10.4. The Labute approximate surface area is 165 Å². The van der Waals surface area contributed by atoms with E-state index in [1.54, 1.807) is 0 Å². The highest BCUT2D eigenvalue weighted by atomic mass is 19.4. The summed E-state index contributed by atoms with van der Waals surface area (Å²) in [5.74, 6) is 0.720. The summed E-state index contributed by atoms with van der Waals surface area (Å²) in [6.45, 7) is 2.86. The molecule has 0 radical (unpaired) electrons. The van der Waals surface area contributed by atoms with Crippen LogP contribution in [0, 0.1) is 5.92 Å². The standard InChI is InChI=1S/C20H33F3N4O/c1-24-9-11-26(2)12-17-19(18-4-3-10-27(18)25-17)16-7-5-15(6-8-16)13-28-14-20(21,22)23/h15-16,24H,3-14H2,1-2H3. The van der Waals surface area contributed by atoms with Crippen molar-refractivity contribution in [3.05, 3.63) is 17.0 Å². The van der Waals surface area contributed by atoms with E-state index >= 15 is 0 Å². The van der Waals surface area contributed by atoms with Gasteiger partial charge in [0.2, 0.25) is 0 Å². The summed E-state index contributed by atoms with van der Waals surface area (Å²) in [5.41, 5.74) is 4.03. The lowest BCUT2D eigenvalue weighted by atomic mass is 9.78. The van der Waals surface area contributed by atoms with Gasteiger partial charge in [-0.25, -0.2) is 0 Å². The molecule has 5 nitrogen and oxygen atoms in total. The highest BCUT2D eigenvalue weighted by Gasteiger charge is 2.32. The monoisotopic (exact) mass is 402 g/mol. The van der Waals surface area contributed by atoms with Gasteiger partial charge in [-0.05, 0) is 64.5 Å². The second kappa shape index (κ2) is 9.59. The Bertz CT molecular complexity index is 624. The second-order valence-electron chi connectivity index (χ2n) is 8.32. The van der Waals surface area contributed by atoms with Gasteiger partial charge in [-0.3, -0.25) is 9.58 Å². The molecule has 0 atom stereocenters. The van der Waals surface area contributed by atoms with Crippen molar-refractivity contribution in [1.29, 1.82) is 0 Å². The largest absolute Gasteiger partial charge is 0.411 e. The molecule has 1 aliphatic carbocycles. The number of nitrogens with one attached hydrogen (secondary N) is 1. The van der Waals surface area contributed by atoms with Crippen LogP contribution in [0.3, 0.4) is 0 Å². The Morgan fingerprint density at radius 1 is 1.25 bits per heavy atom. The number of hydrogen-bond donors (Lipinski definition) is 1. The normalized spacial score (nSPS) is 22.8. The Kier molecular flexibility index (Phi) is 7.39. The molecule has 1 fully saturated rings. The Morgan fingerprint density at radius 2 is 2.00 bits per heavy atom. The summed E-state index contributed by atoms with van der Waals surface area (Å²) in [5, 5.41) is 8.10. The van der Waals surface area contributed by atoms with Crippen LogP contribution in [0.4, 0.5) is 13.2 Å². The molecule has 1 saturated carbocycles. The summed E-state index contributed by atoms with van der Waals surface area (Å²) < 4.78 is 43.9. The maximum atomic E-state index is 12.3. The van der Waals surface area contributed by atoms with Crippen molar-refractivity contribution >= 4 is 0 Å². The number of fused-ring (bicyclic) bond motifs is 1. The van der Waals surface area contributed by atoms with Crippen LogP contribution >= 0.6 is 0 Å². The molecule has 1 aliphatic heterocycles. The van der Waals surface area contributed by atoms with Crippen LogP contribution in [0.25, 0.3) is 0 Å². The van der Waals surface area contributed by atoms with E-state index in [1.807, 2.05) is 7.05 Å². The minimum Gasteiger partial charge on any atom is -0.372 e. The summed E-state index contributed by atoms with van der Waals surface area (Å²) in [7, 11) is 4.09. The zero-order valence-electron chi connectivity index (χ0n) is 17.0. The average molecular weight is 403 g/mol. The molecule has 2 aliphatic rings. The molecule has 0 unspecified atom stereocenters. The minimum absolute atomic E-state index is 0.220. The lowest BCUT2D eigenvalue weighted by molar-refractivity contribution is -0.177. The fourth-order valence-corrected chi connectivity index (χ4v) is 4.60. The first kappa shape index (κ1) is 21.6. The lowest BCUT2D eigenvalue weighted by Gasteiger charge is -2.29. The van der Waals surface area contributed by atoms with Crippen molar-refractivity contribution in [3.63, 3.8) is 0 Å². The van der Waals surface area contributed by atoms with Crippen LogP contribution in [-0.4, -0.2) is 61.3 Å². The first-order chi connectivity index (χ1) is 13.4. The molecular weight excluding hydrogens is 369 g/mol. The van der Waals surface area contributed by atoms with E-state index in [0.29, 0.717) is 5.92 Å². The van der Waals surface area contributed by atoms with Gasteiger partial charge in [0.25, 0.3) is 0 Å². The summed E-state index contributed by atoms with van der Waals surface area (Å²) in [4.78, 5) is 2.30. The predicted molar refractivity (Wildman–Crippen MR) is 102 cm³/mol. The molecule has 0 amide bonds. The number of rotatable bonds is 9. The topological polar surface area (TPSA) is 42.3 Å². The molecule has 8 heteroatoms. The van der Waals surface area contributed by atoms with Crippen molar-refractivity contribution in [3.8, 4) is 0 Å². The Balaban J connectivity index is 1.59. The van der Waals surface area contributed by atoms with E-state index in [4.69, 9.17) is 9.84 Å². The average Bonchev–Trinajstić information content (AvgIpc) is 3.20. The van der Waals surface area contributed by atoms with E-state index < -0.39 is 12.8 Å². The molecule has 1 aromatic heterocycles. The van der Waals surface area contributed by atoms with Gasteiger partial charge in [0.05, 0.1) is 5.69 Å².